The van der Waals surface area contributed by atoms with Gasteiger partial charge < -0.3 is 14.6 Å². The molecule has 1 N–H and O–H groups in total. The smallest absolute Gasteiger partial charge is 0.443 e. The van der Waals surface area contributed by atoms with E-state index in [9.17, 15) is 23.1 Å². The number of benzene rings is 1. The zero-order valence-electron chi connectivity index (χ0n) is 13.0. The molecule has 8 heteroatoms. The molecule has 1 heterocycles. The Kier molecular flexibility index (Phi) is 4.48. The monoisotopic (exact) mass is 333 g/mol. The minimum atomic E-state index is -4.82. The Bertz CT molecular complexity index is 595. The van der Waals surface area contributed by atoms with Gasteiger partial charge in [-0.05, 0) is 45.4 Å². The second-order valence-electron chi connectivity index (χ2n) is 6.20. The van der Waals surface area contributed by atoms with Gasteiger partial charge in [-0.1, -0.05) is 0 Å². The largest absolute Gasteiger partial charge is 0.573 e. The maximum atomic E-state index is 12.3. The average Bonchev–Trinajstić information content (AvgIpc) is 2.35. The van der Waals surface area contributed by atoms with Crippen molar-refractivity contribution in [3.63, 3.8) is 0 Å². The van der Waals surface area contributed by atoms with Crippen molar-refractivity contribution in [3.05, 3.63) is 23.8 Å². The number of carbonyl (C=O) groups is 1. The van der Waals surface area contributed by atoms with Gasteiger partial charge >= 0.3 is 12.5 Å². The van der Waals surface area contributed by atoms with Crippen LogP contribution >= 0.6 is 0 Å². The van der Waals surface area contributed by atoms with Crippen LogP contribution in [0, 0.1) is 0 Å². The van der Waals surface area contributed by atoms with Crippen molar-refractivity contribution >= 4 is 11.8 Å². The van der Waals surface area contributed by atoms with Gasteiger partial charge in [-0.2, -0.15) is 0 Å². The standard InChI is InChI=1S/C15H18F3NO4/c1-14(2,3)23-13(21)19-7-6-12(20)10-8-9(4-5-11(10)19)22-15(16,17)18/h4-5,8,12,20H,6-7H2,1-3H3. The topological polar surface area (TPSA) is 59.0 Å². The van der Waals surface area contributed by atoms with Gasteiger partial charge in [-0.3, -0.25) is 4.90 Å². The summed E-state index contributed by atoms with van der Waals surface area (Å²) in [6.45, 7) is 5.35. The lowest BCUT2D eigenvalue weighted by Crippen LogP contribution is -2.40. The Morgan fingerprint density at radius 3 is 2.52 bits per heavy atom. The summed E-state index contributed by atoms with van der Waals surface area (Å²) >= 11 is 0. The van der Waals surface area contributed by atoms with Gasteiger partial charge in [0, 0.05) is 12.1 Å². The molecule has 0 saturated heterocycles. The predicted molar refractivity (Wildman–Crippen MR) is 76.3 cm³/mol. The van der Waals surface area contributed by atoms with E-state index in [-0.39, 0.29) is 18.5 Å². The summed E-state index contributed by atoms with van der Waals surface area (Å²) in [4.78, 5) is 13.5. The van der Waals surface area contributed by atoms with Crippen molar-refractivity contribution in [2.24, 2.45) is 0 Å². The molecule has 128 valence electrons. The van der Waals surface area contributed by atoms with Crippen molar-refractivity contribution in [1.29, 1.82) is 0 Å². The second-order valence-corrected chi connectivity index (χ2v) is 6.20. The second kappa shape index (κ2) is 5.92. The number of halogens is 3. The van der Waals surface area contributed by atoms with Gasteiger partial charge in [0.15, 0.2) is 0 Å². The molecule has 0 aliphatic carbocycles. The first-order valence-corrected chi connectivity index (χ1v) is 7.04. The van der Waals surface area contributed by atoms with E-state index >= 15 is 0 Å². The minimum absolute atomic E-state index is 0.196. The highest BCUT2D eigenvalue weighted by molar-refractivity contribution is 5.89. The zero-order valence-corrected chi connectivity index (χ0v) is 13.0. The lowest BCUT2D eigenvalue weighted by molar-refractivity contribution is -0.274. The van der Waals surface area contributed by atoms with Crippen molar-refractivity contribution in [2.75, 3.05) is 11.4 Å². The van der Waals surface area contributed by atoms with E-state index in [0.29, 0.717) is 5.69 Å². The van der Waals surface area contributed by atoms with E-state index in [1.165, 1.54) is 11.0 Å². The Morgan fingerprint density at radius 1 is 1.30 bits per heavy atom. The van der Waals surface area contributed by atoms with E-state index in [1.807, 2.05) is 0 Å². The number of aliphatic hydroxyl groups is 1. The van der Waals surface area contributed by atoms with Gasteiger partial charge in [0.2, 0.25) is 0 Å². The highest BCUT2D eigenvalue weighted by Gasteiger charge is 2.34. The fourth-order valence-corrected chi connectivity index (χ4v) is 2.28. The number of nitrogens with zero attached hydrogens (tertiary/aromatic N) is 1. The molecule has 0 fully saturated rings. The summed E-state index contributed by atoms with van der Waals surface area (Å²) in [5.74, 6) is -0.443. The van der Waals surface area contributed by atoms with Crippen LogP contribution in [0.25, 0.3) is 0 Å². The summed E-state index contributed by atoms with van der Waals surface area (Å²) in [6, 6.07) is 3.49. The van der Waals surface area contributed by atoms with Crippen molar-refractivity contribution in [1.82, 2.24) is 0 Å². The summed E-state index contributed by atoms with van der Waals surface area (Å²) in [5, 5.41) is 10.0. The first-order chi connectivity index (χ1) is 10.5. The number of alkyl halides is 3. The highest BCUT2D eigenvalue weighted by atomic mass is 19.4. The predicted octanol–water partition coefficient (Wildman–Crippen LogP) is 3.76. The molecule has 0 spiro atoms. The average molecular weight is 333 g/mol. The molecule has 5 nitrogen and oxygen atoms in total. The molecule has 1 unspecified atom stereocenters. The van der Waals surface area contributed by atoms with Crippen LogP contribution in [0.4, 0.5) is 23.7 Å². The minimum Gasteiger partial charge on any atom is -0.443 e. The summed E-state index contributed by atoms with van der Waals surface area (Å²) in [5.41, 5.74) is -0.191. The van der Waals surface area contributed by atoms with Crippen LogP contribution in [0.1, 0.15) is 38.9 Å². The van der Waals surface area contributed by atoms with Crippen molar-refractivity contribution < 1.29 is 32.5 Å². The number of rotatable bonds is 1. The number of hydrogen-bond donors (Lipinski definition) is 1. The lowest BCUT2D eigenvalue weighted by atomic mass is 9.99. The molecule has 1 aromatic rings. The van der Waals surface area contributed by atoms with Gasteiger partial charge in [-0.15, -0.1) is 13.2 Å². The van der Waals surface area contributed by atoms with E-state index in [1.54, 1.807) is 20.8 Å². The normalized spacial score (nSPS) is 18.4. The SMILES string of the molecule is CC(C)(C)OC(=O)N1CCC(O)c2cc(OC(F)(F)F)ccc21. The summed E-state index contributed by atoms with van der Waals surface area (Å²) in [6.07, 6.45) is -6.21. The van der Waals surface area contributed by atoms with Crippen LogP contribution < -0.4 is 9.64 Å². The van der Waals surface area contributed by atoms with Crippen LogP contribution in [0.5, 0.6) is 5.75 Å². The van der Waals surface area contributed by atoms with Crippen molar-refractivity contribution in [3.8, 4) is 5.75 Å². The van der Waals surface area contributed by atoms with Gasteiger partial charge in [-0.25, -0.2) is 4.79 Å². The molecule has 1 aliphatic rings. The number of carbonyl (C=O) groups excluding carboxylic acids is 1. The molecule has 1 aliphatic heterocycles. The Labute approximate surface area is 131 Å². The third-order valence-electron chi connectivity index (χ3n) is 3.12. The number of anilines is 1. The first-order valence-electron chi connectivity index (χ1n) is 7.04. The van der Waals surface area contributed by atoms with Crippen LogP contribution in [-0.4, -0.2) is 29.7 Å². The maximum Gasteiger partial charge on any atom is 0.573 e. The molecule has 23 heavy (non-hydrogen) atoms. The summed E-state index contributed by atoms with van der Waals surface area (Å²) < 4.78 is 46.0. The summed E-state index contributed by atoms with van der Waals surface area (Å²) in [7, 11) is 0. The van der Waals surface area contributed by atoms with Crippen molar-refractivity contribution in [2.45, 2.75) is 45.3 Å². The number of ether oxygens (including phenoxy) is 2. The Hall–Kier alpha value is -1.96. The van der Waals surface area contributed by atoms with Crippen LogP contribution in [0.15, 0.2) is 18.2 Å². The quantitative estimate of drug-likeness (QED) is 0.850. The molecule has 1 atom stereocenters. The van der Waals surface area contributed by atoms with E-state index in [4.69, 9.17) is 4.74 Å². The third-order valence-corrected chi connectivity index (χ3v) is 3.12. The fraction of sp³-hybridized carbons (Fsp3) is 0.533. The zero-order chi connectivity index (χ0) is 17.4. The van der Waals surface area contributed by atoms with E-state index in [2.05, 4.69) is 4.74 Å². The number of aliphatic hydroxyl groups excluding tert-OH is 1. The van der Waals surface area contributed by atoms with Gasteiger partial charge in [0.1, 0.15) is 11.4 Å². The van der Waals surface area contributed by atoms with Crippen LogP contribution in [0.3, 0.4) is 0 Å². The molecule has 0 radical (unpaired) electrons. The number of amides is 1. The highest BCUT2D eigenvalue weighted by Crippen LogP contribution is 2.38. The van der Waals surface area contributed by atoms with Gasteiger partial charge in [0.05, 0.1) is 11.8 Å². The molecular weight excluding hydrogens is 315 g/mol. The molecular formula is C15H18F3NO4. The molecule has 1 aromatic carbocycles. The third kappa shape index (κ3) is 4.51. The molecule has 1 amide bonds. The van der Waals surface area contributed by atoms with Crippen LogP contribution in [-0.2, 0) is 4.74 Å². The maximum absolute atomic E-state index is 12.3. The Balaban J connectivity index is 2.30. The number of hydrogen-bond acceptors (Lipinski definition) is 4. The number of fused-ring (bicyclic) bond motifs is 1. The molecule has 0 saturated carbocycles. The van der Waals surface area contributed by atoms with E-state index < -0.39 is 29.9 Å². The first kappa shape index (κ1) is 17.4. The van der Waals surface area contributed by atoms with Gasteiger partial charge in [0.25, 0.3) is 0 Å². The lowest BCUT2D eigenvalue weighted by Gasteiger charge is -2.33. The molecule has 2 rings (SSSR count). The molecule has 0 aromatic heterocycles. The fourth-order valence-electron chi connectivity index (χ4n) is 2.28. The van der Waals surface area contributed by atoms with Crippen LogP contribution in [0.2, 0.25) is 0 Å². The van der Waals surface area contributed by atoms with E-state index in [0.717, 1.165) is 12.1 Å². The molecule has 0 bridgehead atoms. The Morgan fingerprint density at radius 2 is 1.96 bits per heavy atom.